The first-order valence-electron chi connectivity index (χ1n) is 10.0. The van der Waals surface area contributed by atoms with E-state index in [0.29, 0.717) is 38.6 Å². The van der Waals surface area contributed by atoms with Crippen LogP contribution in [0.5, 0.6) is 0 Å². The van der Waals surface area contributed by atoms with Gasteiger partial charge in [-0.15, -0.1) is 0 Å². The lowest BCUT2D eigenvalue weighted by molar-refractivity contribution is -0.143. The number of piperazine rings is 1. The smallest absolute Gasteiger partial charge is 0.325 e. The van der Waals surface area contributed by atoms with Crippen LogP contribution in [0.1, 0.15) is 30.1 Å². The van der Waals surface area contributed by atoms with Gasteiger partial charge >= 0.3 is 5.97 Å². The maximum Gasteiger partial charge on any atom is 0.325 e. The third-order valence-corrected chi connectivity index (χ3v) is 7.16. The first-order chi connectivity index (χ1) is 13.8. The van der Waals surface area contributed by atoms with Crippen LogP contribution in [0.15, 0.2) is 29.2 Å². The zero-order chi connectivity index (χ0) is 21.0. The Morgan fingerprint density at radius 3 is 2.48 bits per heavy atom. The van der Waals surface area contributed by atoms with Crippen LogP contribution in [0.25, 0.3) is 0 Å². The minimum absolute atomic E-state index is 0.107. The van der Waals surface area contributed by atoms with Crippen molar-refractivity contribution in [3.8, 4) is 0 Å². The van der Waals surface area contributed by atoms with Gasteiger partial charge in [0.15, 0.2) is 0 Å². The molecule has 2 aliphatic rings. The molecule has 1 aliphatic heterocycles. The lowest BCUT2D eigenvalue weighted by atomic mass is 10.2. The quantitative estimate of drug-likeness (QED) is 0.581. The van der Waals surface area contributed by atoms with Crippen LogP contribution in [0.3, 0.4) is 0 Å². The van der Waals surface area contributed by atoms with E-state index in [1.165, 1.54) is 21.3 Å². The number of sulfonamides is 1. The first kappa shape index (κ1) is 21.7. The highest BCUT2D eigenvalue weighted by Gasteiger charge is 2.31. The SMILES string of the molecule is CCOC(=O)CN(CC1CC1)C(=O)c1cccc(S(=O)(=O)N2CCN(C)CC2)c1. The molecule has 0 N–H and O–H groups in total. The molecule has 0 bridgehead atoms. The van der Waals surface area contributed by atoms with Gasteiger partial charge in [0.1, 0.15) is 6.54 Å². The number of nitrogens with zero attached hydrogens (tertiary/aromatic N) is 3. The summed E-state index contributed by atoms with van der Waals surface area (Å²) < 4.78 is 32.4. The minimum Gasteiger partial charge on any atom is -0.465 e. The molecule has 1 aromatic carbocycles. The fourth-order valence-corrected chi connectivity index (χ4v) is 4.81. The van der Waals surface area contributed by atoms with E-state index in [1.807, 2.05) is 7.05 Å². The summed E-state index contributed by atoms with van der Waals surface area (Å²) in [6.07, 6.45) is 2.06. The monoisotopic (exact) mass is 423 g/mol. The Hall–Kier alpha value is -1.97. The molecule has 1 saturated heterocycles. The number of hydrogen-bond donors (Lipinski definition) is 0. The Bertz CT molecular complexity index is 845. The zero-order valence-corrected chi connectivity index (χ0v) is 17.9. The number of amides is 1. The zero-order valence-electron chi connectivity index (χ0n) is 17.0. The molecule has 0 radical (unpaired) electrons. The van der Waals surface area contributed by atoms with E-state index in [2.05, 4.69) is 4.90 Å². The van der Waals surface area contributed by atoms with Gasteiger partial charge in [0.05, 0.1) is 11.5 Å². The van der Waals surface area contributed by atoms with Crippen LogP contribution in [-0.2, 0) is 19.6 Å². The largest absolute Gasteiger partial charge is 0.465 e. The molecule has 1 aromatic rings. The summed E-state index contributed by atoms with van der Waals surface area (Å²) in [4.78, 5) is 28.6. The average molecular weight is 424 g/mol. The van der Waals surface area contributed by atoms with E-state index in [9.17, 15) is 18.0 Å². The van der Waals surface area contributed by atoms with Crippen LogP contribution in [-0.4, -0.2) is 87.3 Å². The Morgan fingerprint density at radius 2 is 1.86 bits per heavy atom. The molecule has 0 unspecified atom stereocenters. The molecular formula is C20H29N3O5S. The molecule has 29 heavy (non-hydrogen) atoms. The maximum atomic E-state index is 13.0. The van der Waals surface area contributed by atoms with E-state index >= 15 is 0 Å². The number of ether oxygens (including phenoxy) is 1. The molecule has 3 rings (SSSR count). The highest BCUT2D eigenvalue weighted by molar-refractivity contribution is 7.89. The van der Waals surface area contributed by atoms with Gasteiger partial charge < -0.3 is 14.5 Å². The number of benzene rings is 1. The van der Waals surface area contributed by atoms with Crippen molar-refractivity contribution < 1.29 is 22.7 Å². The van der Waals surface area contributed by atoms with Crippen molar-refractivity contribution in [1.82, 2.24) is 14.1 Å². The number of esters is 1. The molecule has 8 nitrogen and oxygen atoms in total. The molecular weight excluding hydrogens is 394 g/mol. The van der Waals surface area contributed by atoms with Gasteiger partial charge in [0.2, 0.25) is 10.0 Å². The Labute approximate surface area is 172 Å². The van der Waals surface area contributed by atoms with Crippen molar-refractivity contribution in [3.63, 3.8) is 0 Å². The molecule has 0 aromatic heterocycles. The van der Waals surface area contributed by atoms with E-state index < -0.39 is 16.0 Å². The number of carbonyl (C=O) groups is 2. The number of carbonyl (C=O) groups excluding carboxylic acids is 2. The van der Waals surface area contributed by atoms with Gasteiger partial charge in [-0.25, -0.2) is 8.42 Å². The van der Waals surface area contributed by atoms with Gasteiger partial charge in [-0.3, -0.25) is 9.59 Å². The van der Waals surface area contributed by atoms with Gasteiger partial charge in [-0.2, -0.15) is 4.31 Å². The molecule has 0 atom stereocenters. The topological polar surface area (TPSA) is 87.2 Å². The van der Waals surface area contributed by atoms with E-state index in [-0.39, 0.29) is 29.5 Å². The van der Waals surface area contributed by atoms with Crippen molar-refractivity contribution >= 4 is 21.9 Å². The number of rotatable bonds is 8. The summed E-state index contributed by atoms with van der Waals surface area (Å²) in [6, 6.07) is 6.11. The van der Waals surface area contributed by atoms with Crippen molar-refractivity contribution in [2.24, 2.45) is 5.92 Å². The fraction of sp³-hybridized carbons (Fsp3) is 0.600. The lowest BCUT2D eigenvalue weighted by Gasteiger charge is -2.31. The Balaban J connectivity index is 1.78. The molecule has 9 heteroatoms. The average Bonchev–Trinajstić information content (AvgIpc) is 3.51. The van der Waals surface area contributed by atoms with E-state index in [4.69, 9.17) is 4.74 Å². The standard InChI is InChI=1S/C20H29N3O5S/c1-3-28-19(24)15-22(14-16-7-8-16)20(25)17-5-4-6-18(13-17)29(26,27)23-11-9-21(2)10-12-23/h4-6,13,16H,3,7-12,14-15H2,1-2H3. The summed E-state index contributed by atoms with van der Waals surface area (Å²) in [5, 5.41) is 0. The Morgan fingerprint density at radius 1 is 1.17 bits per heavy atom. The summed E-state index contributed by atoms with van der Waals surface area (Å²) in [7, 11) is -1.71. The van der Waals surface area contributed by atoms with Crippen LogP contribution in [0.2, 0.25) is 0 Å². The second-order valence-corrected chi connectivity index (χ2v) is 9.61. The van der Waals surface area contributed by atoms with E-state index in [0.717, 1.165) is 12.8 Å². The lowest BCUT2D eigenvalue weighted by Crippen LogP contribution is -2.47. The predicted molar refractivity (Wildman–Crippen MR) is 108 cm³/mol. The van der Waals surface area contributed by atoms with Crippen molar-refractivity contribution in [2.75, 3.05) is 52.9 Å². The van der Waals surface area contributed by atoms with Crippen molar-refractivity contribution in [2.45, 2.75) is 24.7 Å². The minimum atomic E-state index is -3.67. The predicted octanol–water partition coefficient (Wildman–Crippen LogP) is 1.04. The highest BCUT2D eigenvalue weighted by Crippen LogP contribution is 2.30. The van der Waals surface area contributed by atoms with Gasteiger partial charge in [-0.1, -0.05) is 6.07 Å². The summed E-state index contributed by atoms with van der Waals surface area (Å²) in [5.74, 6) is -0.409. The van der Waals surface area contributed by atoms with Crippen LogP contribution in [0, 0.1) is 5.92 Å². The summed E-state index contributed by atoms with van der Waals surface area (Å²) in [6.45, 7) is 4.52. The van der Waals surface area contributed by atoms with Crippen molar-refractivity contribution in [3.05, 3.63) is 29.8 Å². The molecule has 1 heterocycles. The second kappa shape index (κ2) is 9.23. The molecule has 1 amide bonds. The van der Waals surface area contributed by atoms with Crippen LogP contribution >= 0.6 is 0 Å². The second-order valence-electron chi connectivity index (χ2n) is 7.67. The maximum absolute atomic E-state index is 13.0. The summed E-state index contributed by atoms with van der Waals surface area (Å²) in [5.41, 5.74) is 0.269. The molecule has 1 aliphatic carbocycles. The molecule has 2 fully saturated rings. The first-order valence-corrected chi connectivity index (χ1v) is 11.5. The summed E-state index contributed by atoms with van der Waals surface area (Å²) >= 11 is 0. The third kappa shape index (κ3) is 5.55. The highest BCUT2D eigenvalue weighted by atomic mass is 32.2. The molecule has 0 spiro atoms. The fourth-order valence-electron chi connectivity index (χ4n) is 3.34. The third-order valence-electron chi connectivity index (χ3n) is 5.27. The van der Waals surface area contributed by atoms with Crippen LogP contribution < -0.4 is 0 Å². The normalized spacial score (nSPS) is 18.4. The van der Waals surface area contributed by atoms with Crippen LogP contribution in [0.4, 0.5) is 0 Å². The van der Waals surface area contributed by atoms with Crippen molar-refractivity contribution in [1.29, 1.82) is 0 Å². The number of likely N-dealkylation sites (N-methyl/N-ethyl adjacent to an activating group) is 1. The Kier molecular flexibility index (Phi) is 6.92. The van der Waals surface area contributed by atoms with E-state index in [1.54, 1.807) is 19.1 Å². The number of hydrogen-bond acceptors (Lipinski definition) is 6. The van der Waals surface area contributed by atoms with Gasteiger partial charge in [0, 0.05) is 38.3 Å². The molecule has 160 valence electrons. The molecule has 1 saturated carbocycles. The van der Waals surface area contributed by atoms with Gasteiger partial charge in [-0.05, 0) is 50.9 Å². The van der Waals surface area contributed by atoms with Gasteiger partial charge in [0.25, 0.3) is 5.91 Å².